The summed E-state index contributed by atoms with van der Waals surface area (Å²) >= 11 is 0. The normalized spacial score (nSPS) is 7.64. The van der Waals surface area contributed by atoms with Gasteiger partial charge in [-0.1, -0.05) is 6.92 Å². The van der Waals surface area contributed by atoms with Crippen LogP contribution in [-0.4, -0.2) is 25.0 Å². The van der Waals surface area contributed by atoms with E-state index < -0.39 is 5.97 Å². The van der Waals surface area contributed by atoms with Gasteiger partial charge in [-0.05, 0) is 13.1 Å². The average Bonchev–Trinajstić information content (AvgIpc) is 1.88. The Morgan fingerprint density at radius 3 is 1.91 bits per heavy atom. The van der Waals surface area contributed by atoms with E-state index in [9.17, 15) is 9.59 Å². The fourth-order valence-corrected chi connectivity index (χ4v) is 0.275. The van der Waals surface area contributed by atoms with Crippen molar-refractivity contribution in [3.8, 4) is 0 Å². The van der Waals surface area contributed by atoms with Crippen LogP contribution in [0.4, 0.5) is 0 Å². The van der Waals surface area contributed by atoms with Crippen LogP contribution in [0.1, 0.15) is 20.3 Å². The molecule has 0 N–H and O–H groups in total. The molecule has 0 bridgehead atoms. The number of carbonyl (C=O) groups is 2. The second-order valence-corrected chi connectivity index (χ2v) is 2.68. The summed E-state index contributed by atoms with van der Waals surface area (Å²) in [6.45, 7) is 3.43. The van der Waals surface area contributed by atoms with E-state index in [1.165, 1.54) is 20.2 Å². The van der Waals surface area contributed by atoms with Gasteiger partial charge in [-0.3, -0.25) is 9.59 Å². The van der Waals surface area contributed by atoms with Crippen molar-refractivity contribution in [2.75, 3.05) is 13.3 Å². The van der Waals surface area contributed by atoms with Crippen LogP contribution in [0.2, 0.25) is 0 Å². The number of carbonyl (C=O) groups excluding carboxylic acids is 2. The summed E-state index contributed by atoms with van der Waals surface area (Å²) < 4.78 is 4.20. The van der Waals surface area contributed by atoms with Crippen molar-refractivity contribution >= 4 is 21.0 Å². The standard InChI is InChI=1S/C5H8O3.C2H7P/c1-4(6)3-5(7)8-2;1-2-3/h3H2,1-2H3;2-3H2,1H3. The minimum atomic E-state index is -0.475. The zero-order valence-corrected chi connectivity index (χ0v) is 8.37. The molecule has 0 fully saturated rings. The maximum Gasteiger partial charge on any atom is 0.313 e. The summed E-state index contributed by atoms with van der Waals surface area (Å²) in [5.74, 6) is -0.644. The molecule has 0 aromatic carbocycles. The van der Waals surface area contributed by atoms with Crippen molar-refractivity contribution in [2.24, 2.45) is 0 Å². The molecule has 0 saturated carbocycles. The first kappa shape index (κ1) is 13.2. The highest BCUT2D eigenvalue weighted by molar-refractivity contribution is 7.16. The van der Waals surface area contributed by atoms with E-state index in [-0.39, 0.29) is 12.2 Å². The van der Waals surface area contributed by atoms with Crippen molar-refractivity contribution in [3.63, 3.8) is 0 Å². The third-order valence-corrected chi connectivity index (χ3v) is 0.621. The van der Waals surface area contributed by atoms with Crippen LogP contribution in [0.25, 0.3) is 0 Å². The summed E-state index contributed by atoms with van der Waals surface area (Å²) in [5.41, 5.74) is 0. The number of methoxy groups -OCH3 is 1. The maximum absolute atomic E-state index is 10.2. The van der Waals surface area contributed by atoms with E-state index in [0.717, 1.165) is 0 Å². The van der Waals surface area contributed by atoms with Gasteiger partial charge in [0.25, 0.3) is 0 Å². The Bertz CT molecular complexity index is 123. The topological polar surface area (TPSA) is 43.4 Å². The molecule has 0 aromatic heterocycles. The van der Waals surface area contributed by atoms with Crippen LogP contribution in [0.5, 0.6) is 0 Å². The molecule has 1 unspecified atom stereocenters. The molecular formula is C7H15O3P. The minimum Gasteiger partial charge on any atom is -0.469 e. The number of ketones is 1. The summed E-state index contributed by atoms with van der Waals surface area (Å²) in [4.78, 5) is 20.3. The molecule has 11 heavy (non-hydrogen) atoms. The first-order valence-electron chi connectivity index (χ1n) is 3.34. The first-order valence-corrected chi connectivity index (χ1v) is 4.16. The molecule has 0 aromatic rings. The quantitative estimate of drug-likeness (QED) is 0.360. The van der Waals surface area contributed by atoms with Gasteiger partial charge in [0.2, 0.25) is 0 Å². The molecule has 0 amide bonds. The van der Waals surface area contributed by atoms with Crippen molar-refractivity contribution < 1.29 is 14.3 Å². The first-order chi connectivity index (χ1) is 5.08. The lowest BCUT2D eigenvalue weighted by Crippen LogP contribution is -2.05. The summed E-state index contributed by atoms with van der Waals surface area (Å²) in [6.07, 6.45) is 1.05. The van der Waals surface area contributed by atoms with Gasteiger partial charge in [-0.15, -0.1) is 9.24 Å². The lowest BCUT2D eigenvalue weighted by Gasteiger charge is -1.90. The van der Waals surface area contributed by atoms with E-state index >= 15 is 0 Å². The fraction of sp³-hybridized carbons (Fsp3) is 0.714. The smallest absolute Gasteiger partial charge is 0.313 e. The van der Waals surface area contributed by atoms with Crippen LogP contribution in [0.3, 0.4) is 0 Å². The second-order valence-electron chi connectivity index (χ2n) is 1.86. The van der Waals surface area contributed by atoms with Crippen molar-refractivity contribution in [3.05, 3.63) is 0 Å². The Hall–Kier alpha value is -0.430. The van der Waals surface area contributed by atoms with Crippen LogP contribution < -0.4 is 0 Å². The molecule has 66 valence electrons. The van der Waals surface area contributed by atoms with E-state index in [2.05, 4.69) is 20.9 Å². The molecule has 1 atom stereocenters. The monoisotopic (exact) mass is 178 g/mol. The van der Waals surface area contributed by atoms with E-state index in [4.69, 9.17) is 0 Å². The van der Waals surface area contributed by atoms with Crippen LogP contribution in [0.15, 0.2) is 0 Å². The van der Waals surface area contributed by atoms with Crippen molar-refractivity contribution in [1.82, 2.24) is 0 Å². The van der Waals surface area contributed by atoms with Crippen molar-refractivity contribution in [1.29, 1.82) is 0 Å². The predicted molar refractivity (Wildman–Crippen MR) is 47.6 cm³/mol. The molecule has 0 aliphatic carbocycles. The molecule has 0 aliphatic rings. The SMILES string of the molecule is CCP.COC(=O)CC(C)=O. The fourth-order valence-electron chi connectivity index (χ4n) is 0.275. The lowest BCUT2D eigenvalue weighted by molar-refractivity contribution is -0.142. The lowest BCUT2D eigenvalue weighted by atomic mass is 10.3. The highest BCUT2D eigenvalue weighted by Crippen LogP contribution is 1.83. The Balaban J connectivity index is 0. The largest absolute Gasteiger partial charge is 0.469 e. The zero-order chi connectivity index (χ0) is 9.28. The summed E-state index contributed by atoms with van der Waals surface area (Å²) in [6, 6.07) is 0. The Morgan fingerprint density at radius 2 is 1.82 bits per heavy atom. The summed E-state index contributed by atoms with van der Waals surface area (Å²) in [7, 11) is 3.83. The van der Waals surface area contributed by atoms with Gasteiger partial charge in [0, 0.05) is 0 Å². The van der Waals surface area contributed by atoms with E-state index in [0.29, 0.717) is 0 Å². The van der Waals surface area contributed by atoms with Gasteiger partial charge in [-0.2, -0.15) is 0 Å². The van der Waals surface area contributed by atoms with E-state index in [1.54, 1.807) is 0 Å². The number of ether oxygens (including phenoxy) is 1. The van der Waals surface area contributed by atoms with Gasteiger partial charge >= 0.3 is 5.97 Å². The number of hydrogen-bond donors (Lipinski definition) is 0. The molecule has 0 saturated heterocycles. The van der Waals surface area contributed by atoms with Gasteiger partial charge in [-0.25, -0.2) is 0 Å². The molecule has 0 aliphatic heterocycles. The van der Waals surface area contributed by atoms with Gasteiger partial charge in [0.15, 0.2) is 0 Å². The number of esters is 1. The Labute approximate surface area is 69.7 Å². The Morgan fingerprint density at radius 1 is 1.45 bits per heavy atom. The minimum absolute atomic E-state index is 0.115. The molecule has 3 nitrogen and oxygen atoms in total. The molecule has 0 heterocycles. The van der Waals surface area contributed by atoms with Gasteiger partial charge in [0.1, 0.15) is 12.2 Å². The molecule has 4 heteroatoms. The van der Waals surface area contributed by atoms with Gasteiger partial charge in [0.05, 0.1) is 7.11 Å². The van der Waals surface area contributed by atoms with Gasteiger partial charge < -0.3 is 4.74 Å². The van der Waals surface area contributed by atoms with Crippen molar-refractivity contribution in [2.45, 2.75) is 20.3 Å². The van der Waals surface area contributed by atoms with Crippen LogP contribution in [0, 0.1) is 0 Å². The Kier molecular flexibility index (Phi) is 11.5. The van der Waals surface area contributed by atoms with E-state index in [1.807, 2.05) is 0 Å². The highest BCUT2D eigenvalue weighted by Gasteiger charge is 2.01. The van der Waals surface area contributed by atoms with Crippen LogP contribution in [-0.2, 0) is 14.3 Å². The zero-order valence-electron chi connectivity index (χ0n) is 7.22. The second kappa shape index (κ2) is 9.57. The number of Topliss-reactive ketones (excluding diaryl/α,β-unsaturated/α-hetero) is 1. The highest BCUT2D eigenvalue weighted by atomic mass is 31.0. The molecular weight excluding hydrogens is 163 g/mol. The summed E-state index contributed by atoms with van der Waals surface area (Å²) in [5, 5.41) is 0. The average molecular weight is 178 g/mol. The molecule has 0 spiro atoms. The molecule has 0 radical (unpaired) electrons. The third kappa shape index (κ3) is 17.7. The molecule has 0 rings (SSSR count). The van der Waals surface area contributed by atoms with Crippen LogP contribution >= 0.6 is 9.24 Å². The third-order valence-electron chi connectivity index (χ3n) is 0.621. The maximum atomic E-state index is 10.2. The number of hydrogen-bond acceptors (Lipinski definition) is 3. The predicted octanol–water partition coefficient (Wildman–Crippen LogP) is 1.02. The number of rotatable bonds is 2.